The third-order valence-electron chi connectivity index (χ3n) is 6.16. The second kappa shape index (κ2) is 7.78. The van der Waals surface area contributed by atoms with Crippen molar-refractivity contribution < 1.29 is 9.13 Å². The van der Waals surface area contributed by atoms with Crippen molar-refractivity contribution in [1.29, 1.82) is 0 Å². The van der Waals surface area contributed by atoms with Crippen molar-refractivity contribution in [2.75, 3.05) is 20.2 Å². The topological polar surface area (TPSA) is 56.1 Å². The zero-order chi connectivity index (χ0) is 21.7. The summed E-state index contributed by atoms with van der Waals surface area (Å²) in [4.78, 5) is 11.0. The monoisotopic (exact) mass is 431 g/mol. The van der Waals surface area contributed by atoms with E-state index in [-0.39, 0.29) is 17.0 Å². The lowest BCUT2D eigenvalue weighted by atomic mass is 9.87. The number of methoxy groups -OCH3 is 1. The molecule has 0 amide bonds. The number of likely N-dealkylation sites (tertiary alicyclic amines) is 1. The number of rotatable bonds is 5. The van der Waals surface area contributed by atoms with Crippen molar-refractivity contribution in [3.63, 3.8) is 0 Å². The maximum atomic E-state index is 15.1. The molecule has 1 fully saturated rings. The molecule has 160 valence electrons. The first-order chi connectivity index (χ1) is 14.2. The number of hydrogen-bond acceptors (Lipinski definition) is 5. The molecule has 0 bridgehead atoms. The van der Waals surface area contributed by atoms with E-state index in [1.54, 1.807) is 13.2 Å². The number of nitrogens with zero attached hydrogens (tertiary/aromatic N) is 5. The first-order valence-corrected chi connectivity index (χ1v) is 10.6. The van der Waals surface area contributed by atoms with Crippen LogP contribution in [0.25, 0.3) is 11.0 Å². The Morgan fingerprint density at radius 3 is 2.50 bits per heavy atom. The molecule has 6 nitrogen and oxygen atoms in total. The molecule has 8 heteroatoms. The molecule has 1 atom stereocenters. The van der Waals surface area contributed by atoms with Gasteiger partial charge >= 0.3 is 0 Å². The van der Waals surface area contributed by atoms with E-state index >= 15 is 4.39 Å². The fourth-order valence-corrected chi connectivity index (χ4v) is 4.61. The molecule has 4 rings (SSSR count). The van der Waals surface area contributed by atoms with E-state index in [1.165, 1.54) is 6.33 Å². The Bertz CT molecular complexity index is 1110. The summed E-state index contributed by atoms with van der Waals surface area (Å²) in [6.45, 7) is 11.7. The second-order valence-corrected chi connectivity index (χ2v) is 8.72. The van der Waals surface area contributed by atoms with E-state index in [4.69, 9.17) is 21.4 Å². The highest BCUT2D eigenvalue weighted by atomic mass is 35.5. The summed E-state index contributed by atoms with van der Waals surface area (Å²) in [6.07, 6.45) is 1.54. The highest BCUT2D eigenvalue weighted by Gasteiger charge is 2.36. The average molecular weight is 432 g/mol. The minimum atomic E-state index is -0.391. The molecule has 0 radical (unpaired) electrons. The highest BCUT2D eigenvalue weighted by Crippen LogP contribution is 2.43. The van der Waals surface area contributed by atoms with Crippen molar-refractivity contribution in [2.24, 2.45) is 0 Å². The minimum Gasteiger partial charge on any atom is -0.496 e. The van der Waals surface area contributed by atoms with Crippen LogP contribution in [0.3, 0.4) is 0 Å². The molecule has 2 aromatic heterocycles. The number of halogens is 2. The summed E-state index contributed by atoms with van der Waals surface area (Å²) in [6, 6.07) is 1.83. The number of aromatic nitrogens is 4. The maximum absolute atomic E-state index is 15.1. The van der Waals surface area contributed by atoms with Crippen molar-refractivity contribution in [3.05, 3.63) is 45.7 Å². The number of ether oxygens (including phenoxy) is 1. The van der Waals surface area contributed by atoms with Crippen LogP contribution >= 0.6 is 11.6 Å². The number of aryl methyl sites for hydroxylation is 2. The van der Waals surface area contributed by atoms with E-state index < -0.39 is 5.82 Å². The lowest BCUT2D eigenvalue weighted by Crippen LogP contribution is -2.49. The summed E-state index contributed by atoms with van der Waals surface area (Å²) in [5.41, 5.74) is 3.83. The largest absolute Gasteiger partial charge is 0.496 e. The fraction of sp³-hybridized carbons (Fsp3) is 0.500. The summed E-state index contributed by atoms with van der Waals surface area (Å²) < 4.78 is 22.7. The van der Waals surface area contributed by atoms with Crippen molar-refractivity contribution in [2.45, 2.75) is 52.6 Å². The Kier molecular flexibility index (Phi) is 5.45. The maximum Gasteiger partial charge on any atom is 0.162 e. The SMILES string of the molecule is COc1c(C(C)n2nc(C)c3c(C)ncnc32)cc(Cl)c(F)c1C1CN(C(C)C)C1. The van der Waals surface area contributed by atoms with Gasteiger partial charge in [-0.2, -0.15) is 5.10 Å². The molecule has 0 saturated carbocycles. The van der Waals surface area contributed by atoms with Crippen LogP contribution in [0.15, 0.2) is 12.4 Å². The molecule has 1 saturated heterocycles. The molecular weight excluding hydrogens is 405 g/mol. The molecule has 1 aliphatic heterocycles. The van der Waals surface area contributed by atoms with Gasteiger partial charge in [-0.25, -0.2) is 19.0 Å². The fourth-order valence-electron chi connectivity index (χ4n) is 4.39. The number of benzene rings is 1. The van der Waals surface area contributed by atoms with E-state index in [0.717, 1.165) is 41.1 Å². The van der Waals surface area contributed by atoms with Crippen LogP contribution in [0.2, 0.25) is 5.02 Å². The Morgan fingerprint density at radius 1 is 1.17 bits per heavy atom. The summed E-state index contributed by atoms with van der Waals surface area (Å²) in [5.74, 6) is 0.204. The van der Waals surface area contributed by atoms with E-state index in [0.29, 0.717) is 17.4 Å². The number of hydrogen-bond donors (Lipinski definition) is 0. The molecule has 1 aliphatic rings. The summed E-state index contributed by atoms with van der Waals surface area (Å²) >= 11 is 6.35. The first kappa shape index (κ1) is 21.0. The van der Waals surface area contributed by atoms with Gasteiger partial charge in [0.2, 0.25) is 0 Å². The zero-order valence-electron chi connectivity index (χ0n) is 18.2. The van der Waals surface area contributed by atoms with Crippen LogP contribution in [0.1, 0.15) is 55.2 Å². The molecule has 30 heavy (non-hydrogen) atoms. The average Bonchev–Trinajstić information content (AvgIpc) is 3.00. The zero-order valence-corrected chi connectivity index (χ0v) is 19.0. The van der Waals surface area contributed by atoms with E-state index in [1.807, 2.05) is 25.5 Å². The van der Waals surface area contributed by atoms with Crippen LogP contribution in [0.4, 0.5) is 4.39 Å². The highest BCUT2D eigenvalue weighted by molar-refractivity contribution is 6.31. The second-order valence-electron chi connectivity index (χ2n) is 8.32. The van der Waals surface area contributed by atoms with E-state index in [9.17, 15) is 0 Å². The van der Waals surface area contributed by atoms with Crippen LogP contribution < -0.4 is 4.74 Å². The van der Waals surface area contributed by atoms with Crippen molar-refractivity contribution in [3.8, 4) is 5.75 Å². The molecule has 0 spiro atoms. The lowest BCUT2D eigenvalue weighted by Gasteiger charge is -2.43. The normalized spacial score (nSPS) is 16.3. The van der Waals surface area contributed by atoms with Gasteiger partial charge in [0.25, 0.3) is 0 Å². The third kappa shape index (κ3) is 3.24. The van der Waals surface area contributed by atoms with Crippen LogP contribution in [0, 0.1) is 19.7 Å². The lowest BCUT2D eigenvalue weighted by molar-refractivity contribution is 0.106. The van der Waals surface area contributed by atoms with Gasteiger partial charge in [-0.1, -0.05) is 11.6 Å². The third-order valence-corrected chi connectivity index (χ3v) is 6.43. The van der Waals surface area contributed by atoms with Crippen molar-refractivity contribution in [1.82, 2.24) is 24.6 Å². The molecule has 3 heterocycles. The van der Waals surface area contributed by atoms with Gasteiger partial charge in [-0.3, -0.25) is 4.90 Å². The summed E-state index contributed by atoms with van der Waals surface area (Å²) in [5, 5.41) is 5.75. The molecule has 1 aromatic carbocycles. The number of fused-ring (bicyclic) bond motifs is 1. The van der Waals surface area contributed by atoms with Crippen LogP contribution in [0.5, 0.6) is 5.75 Å². The molecule has 3 aromatic rings. The van der Waals surface area contributed by atoms with Gasteiger partial charge in [0.15, 0.2) is 5.65 Å². The van der Waals surface area contributed by atoms with Gasteiger partial charge < -0.3 is 4.74 Å². The predicted molar refractivity (Wildman–Crippen MR) is 116 cm³/mol. The van der Waals surface area contributed by atoms with E-state index in [2.05, 4.69) is 28.7 Å². The van der Waals surface area contributed by atoms with Gasteiger partial charge in [0, 0.05) is 36.2 Å². The Balaban J connectivity index is 1.83. The van der Waals surface area contributed by atoms with Gasteiger partial charge in [-0.15, -0.1) is 0 Å². The Labute approximate surface area is 181 Å². The molecular formula is C22H27ClFN5O. The molecule has 1 unspecified atom stereocenters. The minimum absolute atomic E-state index is 0.0488. The standard InChI is InChI=1S/C22H27ClFN5O/c1-11(2)28-8-15(9-28)19-20(24)17(23)7-16(21(19)30-6)14(5)29-22-18(13(4)27-29)12(3)25-10-26-22/h7,10-11,14-15H,8-9H2,1-6H3. The summed E-state index contributed by atoms with van der Waals surface area (Å²) in [7, 11) is 1.58. The molecule has 0 aliphatic carbocycles. The van der Waals surface area contributed by atoms with Crippen LogP contribution in [-0.2, 0) is 0 Å². The van der Waals surface area contributed by atoms with Gasteiger partial charge in [-0.05, 0) is 40.7 Å². The predicted octanol–water partition coefficient (Wildman–Crippen LogP) is 4.66. The first-order valence-electron chi connectivity index (χ1n) is 10.2. The Hall–Kier alpha value is -2.25. The molecule has 0 N–H and O–H groups in total. The quantitative estimate of drug-likeness (QED) is 0.588. The Morgan fingerprint density at radius 2 is 1.87 bits per heavy atom. The van der Waals surface area contributed by atoms with Crippen molar-refractivity contribution >= 4 is 22.6 Å². The van der Waals surface area contributed by atoms with Crippen LogP contribution in [-0.4, -0.2) is 50.9 Å². The van der Waals surface area contributed by atoms with Gasteiger partial charge in [0.05, 0.1) is 34.9 Å². The smallest absolute Gasteiger partial charge is 0.162 e. The van der Waals surface area contributed by atoms with Gasteiger partial charge in [0.1, 0.15) is 17.9 Å².